The summed E-state index contributed by atoms with van der Waals surface area (Å²) in [6, 6.07) is 0. The Labute approximate surface area is 121 Å². The van der Waals surface area contributed by atoms with Gasteiger partial charge in [0.15, 0.2) is 9.84 Å². The van der Waals surface area contributed by atoms with Crippen LogP contribution in [0.15, 0.2) is 6.20 Å². The summed E-state index contributed by atoms with van der Waals surface area (Å²) >= 11 is 0. The van der Waals surface area contributed by atoms with Gasteiger partial charge in [-0.15, -0.1) is 0 Å². The van der Waals surface area contributed by atoms with E-state index in [4.69, 9.17) is 0 Å². The Bertz CT molecular complexity index is 565. The molecule has 1 fully saturated rings. The number of hydrogen-bond acceptors (Lipinski definition) is 4. The molecule has 1 aromatic heterocycles. The molecule has 114 valence electrons. The van der Waals surface area contributed by atoms with Crippen molar-refractivity contribution >= 4 is 9.84 Å². The van der Waals surface area contributed by atoms with Crippen LogP contribution in [0.25, 0.3) is 0 Å². The minimum Gasteiger partial charge on any atom is -0.313 e. The van der Waals surface area contributed by atoms with Crippen LogP contribution < -0.4 is 5.32 Å². The van der Waals surface area contributed by atoms with Crippen molar-refractivity contribution in [2.45, 2.75) is 52.1 Å². The first-order chi connectivity index (χ1) is 9.42. The topological polar surface area (TPSA) is 64.0 Å². The van der Waals surface area contributed by atoms with Crippen molar-refractivity contribution < 1.29 is 8.42 Å². The zero-order valence-electron chi connectivity index (χ0n) is 12.6. The minimum atomic E-state index is -2.92. The molecular weight excluding hydrogens is 274 g/mol. The lowest BCUT2D eigenvalue weighted by Crippen LogP contribution is -2.34. The number of sulfone groups is 1. The normalized spacial score (nSPS) is 25.1. The zero-order chi connectivity index (χ0) is 14.8. The van der Waals surface area contributed by atoms with Gasteiger partial charge in [-0.25, -0.2) is 8.42 Å². The number of rotatable bonds is 6. The molecule has 0 saturated carbocycles. The molecule has 1 unspecified atom stereocenters. The fraction of sp³-hybridized carbons (Fsp3) is 0.786. The van der Waals surface area contributed by atoms with Crippen LogP contribution >= 0.6 is 0 Å². The van der Waals surface area contributed by atoms with E-state index >= 15 is 0 Å². The summed E-state index contributed by atoms with van der Waals surface area (Å²) in [5, 5.41) is 7.88. The highest BCUT2D eigenvalue weighted by atomic mass is 32.2. The summed E-state index contributed by atoms with van der Waals surface area (Å²) in [5.41, 5.74) is 1.97. The van der Waals surface area contributed by atoms with E-state index in [-0.39, 0.29) is 17.0 Å². The van der Waals surface area contributed by atoms with E-state index in [0.29, 0.717) is 6.42 Å². The van der Waals surface area contributed by atoms with Gasteiger partial charge in [0.05, 0.1) is 23.2 Å². The van der Waals surface area contributed by atoms with Gasteiger partial charge in [-0.1, -0.05) is 13.8 Å². The maximum Gasteiger partial charge on any atom is 0.152 e. The summed E-state index contributed by atoms with van der Waals surface area (Å²) < 4.78 is 25.5. The molecule has 1 aliphatic rings. The van der Waals surface area contributed by atoms with Crippen LogP contribution in [-0.2, 0) is 28.3 Å². The van der Waals surface area contributed by atoms with Crippen molar-refractivity contribution in [1.82, 2.24) is 15.1 Å². The Hall–Kier alpha value is -0.880. The second-order valence-corrected chi connectivity index (χ2v) is 8.08. The van der Waals surface area contributed by atoms with Gasteiger partial charge in [0.1, 0.15) is 0 Å². The fourth-order valence-corrected chi connectivity index (χ4v) is 5.07. The molecule has 0 aromatic carbocycles. The minimum absolute atomic E-state index is 0.205. The smallest absolute Gasteiger partial charge is 0.152 e. The van der Waals surface area contributed by atoms with Gasteiger partial charge in [0.2, 0.25) is 0 Å². The van der Waals surface area contributed by atoms with Crippen molar-refractivity contribution in [2.75, 3.05) is 18.1 Å². The fourth-order valence-electron chi connectivity index (χ4n) is 2.96. The van der Waals surface area contributed by atoms with Crippen LogP contribution in [0.3, 0.4) is 0 Å². The first-order valence-corrected chi connectivity index (χ1v) is 9.21. The monoisotopic (exact) mass is 299 g/mol. The molecule has 20 heavy (non-hydrogen) atoms. The van der Waals surface area contributed by atoms with Gasteiger partial charge in [0, 0.05) is 17.8 Å². The molecule has 0 aliphatic carbocycles. The van der Waals surface area contributed by atoms with Crippen LogP contribution in [0, 0.1) is 0 Å². The summed E-state index contributed by atoms with van der Waals surface area (Å²) in [5.74, 6) is 0.479. The van der Waals surface area contributed by atoms with E-state index in [1.807, 2.05) is 17.8 Å². The lowest BCUT2D eigenvalue weighted by molar-refractivity contribution is 0.318. The molecule has 1 atom stereocenters. The summed E-state index contributed by atoms with van der Waals surface area (Å²) in [4.78, 5) is 0. The van der Waals surface area contributed by atoms with Crippen molar-refractivity contribution in [3.05, 3.63) is 17.5 Å². The van der Waals surface area contributed by atoms with Gasteiger partial charge in [0.25, 0.3) is 0 Å². The molecule has 0 spiro atoms. The molecule has 0 radical (unpaired) electrons. The van der Waals surface area contributed by atoms with Crippen molar-refractivity contribution in [2.24, 2.45) is 0 Å². The predicted molar refractivity (Wildman–Crippen MR) is 80.5 cm³/mol. The Morgan fingerprint density at radius 2 is 2.20 bits per heavy atom. The van der Waals surface area contributed by atoms with Gasteiger partial charge in [-0.05, 0) is 32.7 Å². The second kappa shape index (κ2) is 5.85. The summed E-state index contributed by atoms with van der Waals surface area (Å²) in [6.45, 7) is 8.04. The molecule has 1 N–H and O–H groups in total. The molecule has 1 aromatic rings. The first kappa shape index (κ1) is 15.5. The molecule has 1 aliphatic heterocycles. The van der Waals surface area contributed by atoms with Crippen LogP contribution in [0.1, 0.15) is 44.9 Å². The van der Waals surface area contributed by atoms with Gasteiger partial charge < -0.3 is 5.32 Å². The molecule has 2 heterocycles. The third-order valence-electron chi connectivity index (χ3n) is 4.03. The molecular formula is C14H25N3O2S. The molecule has 0 bridgehead atoms. The Morgan fingerprint density at radius 3 is 2.75 bits per heavy atom. The van der Waals surface area contributed by atoms with E-state index in [1.54, 1.807) is 0 Å². The number of hydrogen-bond donors (Lipinski definition) is 1. The quantitative estimate of drug-likeness (QED) is 0.808. The van der Waals surface area contributed by atoms with E-state index in [9.17, 15) is 8.42 Å². The van der Waals surface area contributed by atoms with E-state index < -0.39 is 9.84 Å². The Kier molecular flexibility index (Phi) is 4.54. The highest BCUT2D eigenvalue weighted by Crippen LogP contribution is 2.32. The van der Waals surface area contributed by atoms with Gasteiger partial charge in [-0.2, -0.15) is 5.10 Å². The molecule has 1 saturated heterocycles. The van der Waals surface area contributed by atoms with Crippen LogP contribution in [0.4, 0.5) is 0 Å². The highest BCUT2D eigenvalue weighted by Gasteiger charge is 2.41. The Morgan fingerprint density at radius 1 is 1.45 bits per heavy atom. The molecule has 2 rings (SSSR count). The first-order valence-electron chi connectivity index (χ1n) is 7.39. The lowest BCUT2D eigenvalue weighted by atomic mass is 10.0. The number of nitrogens with one attached hydrogen (secondary N) is 1. The summed E-state index contributed by atoms with van der Waals surface area (Å²) in [7, 11) is -2.92. The number of nitrogens with zero attached hydrogens (tertiary/aromatic N) is 2. The highest BCUT2D eigenvalue weighted by molar-refractivity contribution is 7.91. The van der Waals surface area contributed by atoms with Crippen molar-refractivity contribution in [3.8, 4) is 0 Å². The van der Waals surface area contributed by atoms with Crippen molar-refractivity contribution in [3.63, 3.8) is 0 Å². The zero-order valence-corrected chi connectivity index (χ0v) is 13.5. The third kappa shape index (κ3) is 3.06. The van der Waals surface area contributed by atoms with E-state index in [0.717, 1.165) is 31.6 Å². The van der Waals surface area contributed by atoms with E-state index in [1.165, 1.54) is 5.56 Å². The predicted octanol–water partition coefficient (Wildman–Crippen LogP) is 1.48. The van der Waals surface area contributed by atoms with Crippen LogP contribution in [-0.4, -0.2) is 36.2 Å². The average Bonchev–Trinajstić information content (AvgIpc) is 2.91. The Balaban J connectivity index is 2.24. The SMILES string of the molecule is CCCNCc1cnn(C2(C)CCS(=O)(=O)C2)c1CC. The maximum absolute atomic E-state index is 11.8. The van der Waals surface area contributed by atoms with Crippen LogP contribution in [0.2, 0.25) is 0 Å². The van der Waals surface area contributed by atoms with Crippen LogP contribution in [0.5, 0.6) is 0 Å². The van der Waals surface area contributed by atoms with Gasteiger partial charge in [-0.3, -0.25) is 4.68 Å². The molecule has 6 heteroatoms. The molecule has 5 nitrogen and oxygen atoms in total. The lowest BCUT2D eigenvalue weighted by Gasteiger charge is -2.25. The number of aromatic nitrogens is 2. The second-order valence-electron chi connectivity index (χ2n) is 5.90. The largest absolute Gasteiger partial charge is 0.313 e. The maximum atomic E-state index is 11.8. The average molecular weight is 299 g/mol. The third-order valence-corrected chi connectivity index (χ3v) is 5.91. The van der Waals surface area contributed by atoms with Crippen molar-refractivity contribution in [1.29, 1.82) is 0 Å². The van der Waals surface area contributed by atoms with Gasteiger partial charge >= 0.3 is 0 Å². The van der Waals surface area contributed by atoms with E-state index in [2.05, 4.69) is 24.3 Å². The molecule has 0 amide bonds. The standard InChI is InChI=1S/C14H25N3O2S/c1-4-7-15-9-12-10-16-17(13(12)5-2)14(3)6-8-20(18,19)11-14/h10,15H,4-9,11H2,1-3H3. The summed E-state index contributed by atoms with van der Waals surface area (Å²) in [6.07, 6.45) is 4.52.